The lowest BCUT2D eigenvalue weighted by molar-refractivity contribution is 0.271. The normalized spacial score (nSPS) is 10.9. The van der Waals surface area contributed by atoms with Gasteiger partial charge in [0.25, 0.3) is 5.89 Å². The third-order valence-corrected chi connectivity index (χ3v) is 2.89. The minimum Gasteiger partial charge on any atom is -0.501 e. The van der Waals surface area contributed by atoms with Crippen molar-refractivity contribution in [1.82, 2.24) is 10.1 Å². The van der Waals surface area contributed by atoms with Crippen molar-refractivity contribution >= 4 is 17.7 Å². The topological polar surface area (TPSA) is 66.6 Å². The molecule has 0 radical (unpaired) electrons. The van der Waals surface area contributed by atoms with Gasteiger partial charge in [0, 0.05) is 11.6 Å². The summed E-state index contributed by atoms with van der Waals surface area (Å²) in [5, 5.41) is 4.29. The van der Waals surface area contributed by atoms with E-state index in [9.17, 15) is 0 Å². The van der Waals surface area contributed by atoms with Gasteiger partial charge in [-0.25, -0.2) is 0 Å². The smallest absolute Gasteiger partial charge is 0.254 e. The fraction of sp³-hybridized carbons (Fsp3) is 0.286. The van der Waals surface area contributed by atoms with Crippen molar-refractivity contribution in [2.75, 3.05) is 20.8 Å². The van der Waals surface area contributed by atoms with Crippen LogP contribution >= 0.6 is 11.6 Å². The van der Waals surface area contributed by atoms with E-state index >= 15 is 0 Å². The summed E-state index contributed by atoms with van der Waals surface area (Å²) in [5.41, 5.74) is 0.664. The van der Waals surface area contributed by atoms with Gasteiger partial charge < -0.3 is 18.7 Å². The maximum Gasteiger partial charge on any atom is 0.254 e. The monoisotopic (exact) mass is 310 g/mol. The number of aromatic nitrogens is 2. The molecule has 0 saturated carbocycles. The zero-order chi connectivity index (χ0) is 15.2. The molecular formula is C14H15ClN2O4. The van der Waals surface area contributed by atoms with Crippen LogP contribution in [0.25, 0.3) is 17.5 Å². The summed E-state index contributed by atoms with van der Waals surface area (Å²) in [6, 6.07) is 3.41. The molecule has 0 amide bonds. The van der Waals surface area contributed by atoms with E-state index in [1.165, 1.54) is 20.5 Å². The highest BCUT2D eigenvalue weighted by Gasteiger charge is 2.15. The minimum atomic E-state index is 0.337. The van der Waals surface area contributed by atoms with Crippen molar-refractivity contribution in [3.63, 3.8) is 0 Å². The maximum atomic E-state index is 6.15. The van der Waals surface area contributed by atoms with Crippen molar-refractivity contribution in [3.8, 4) is 22.9 Å². The molecule has 0 atom stereocenters. The number of nitrogens with zero attached hydrogens (tertiary/aromatic N) is 2. The molecule has 0 N–H and O–H groups in total. The zero-order valence-corrected chi connectivity index (χ0v) is 12.7. The standard InChI is InChI=1S/C14H15ClN2O4/c1-4-20-6-5-12-16-14(17-21-12)9-7-10(15)13(19-3)11(8-9)18-2/h5-8H,4H2,1-3H3. The lowest BCUT2D eigenvalue weighted by Gasteiger charge is -2.10. The van der Waals surface area contributed by atoms with Gasteiger partial charge in [-0.15, -0.1) is 0 Å². The van der Waals surface area contributed by atoms with Crippen molar-refractivity contribution in [1.29, 1.82) is 0 Å². The third kappa shape index (κ3) is 3.46. The first kappa shape index (κ1) is 15.2. The second-order valence-electron chi connectivity index (χ2n) is 3.91. The van der Waals surface area contributed by atoms with Crippen molar-refractivity contribution < 1.29 is 18.7 Å². The predicted molar refractivity (Wildman–Crippen MR) is 78.5 cm³/mol. The Morgan fingerprint density at radius 1 is 1.29 bits per heavy atom. The van der Waals surface area contributed by atoms with E-state index in [-0.39, 0.29) is 0 Å². The molecule has 21 heavy (non-hydrogen) atoms. The van der Waals surface area contributed by atoms with Crippen LogP contribution in [0, 0.1) is 0 Å². The predicted octanol–water partition coefficient (Wildman–Crippen LogP) is 3.41. The van der Waals surface area contributed by atoms with Gasteiger partial charge in [-0.05, 0) is 19.1 Å². The second-order valence-corrected chi connectivity index (χ2v) is 4.32. The quantitative estimate of drug-likeness (QED) is 0.762. The Balaban J connectivity index is 2.32. The molecule has 0 spiro atoms. The van der Waals surface area contributed by atoms with Crippen LogP contribution in [0.2, 0.25) is 5.02 Å². The third-order valence-electron chi connectivity index (χ3n) is 2.61. The minimum absolute atomic E-state index is 0.337. The largest absolute Gasteiger partial charge is 0.501 e. The van der Waals surface area contributed by atoms with Gasteiger partial charge in [-0.1, -0.05) is 16.8 Å². The summed E-state index contributed by atoms with van der Waals surface area (Å²) in [6.45, 7) is 2.46. The first-order chi connectivity index (χ1) is 10.2. The highest BCUT2D eigenvalue weighted by atomic mass is 35.5. The van der Waals surface area contributed by atoms with Gasteiger partial charge in [0.15, 0.2) is 11.5 Å². The number of methoxy groups -OCH3 is 2. The fourth-order valence-electron chi connectivity index (χ4n) is 1.67. The van der Waals surface area contributed by atoms with Gasteiger partial charge in [-0.3, -0.25) is 0 Å². The molecule has 0 aliphatic heterocycles. The van der Waals surface area contributed by atoms with Crippen molar-refractivity contribution in [2.45, 2.75) is 6.92 Å². The fourth-order valence-corrected chi connectivity index (χ4v) is 1.96. The Bertz CT molecular complexity index is 640. The Hall–Kier alpha value is -2.21. The maximum absolute atomic E-state index is 6.15. The molecular weight excluding hydrogens is 296 g/mol. The molecule has 0 fully saturated rings. The van der Waals surface area contributed by atoms with Crippen LogP contribution in [-0.4, -0.2) is 31.0 Å². The number of halogens is 1. The molecule has 0 aliphatic carbocycles. The molecule has 2 aromatic rings. The number of benzene rings is 1. The zero-order valence-electron chi connectivity index (χ0n) is 11.9. The van der Waals surface area contributed by atoms with E-state index in [2.05, 4.69) is 10.1 Å². The van der Waals surface area contributed by atoms with Crippen LogP contribution in [0.3, 0.4) is 0 Å². The molecule has 0 bridgehead atoms. The average Bonchev–Trinajstić information content (AvgIpc) is 2.95. The summed E-state index contributed by atoms with van der Waals surface area (Å²) < 4.78 is 20.6. The van der Waals surface area contributed by atoms with Crippen LogP contribution in [0.1, 0.15) is 12.8 Å². The Morgan fingerprint density at radius 2 is 2.10 bits per heavy atom. The molecule has 1 heterocycles. The number of rotatable bonds is 6. The number of ether oxygens (including phenoxy) is 3. The Labute approximate surface area is 127 Å². The summed E-state index contributed by atoms with van der Waals surface area (Å²) in [6.07, 6.45) is 3.08. The lowest BCUT2D eigenvalue weighted by Crippen LogP contribution is -1.93. The molecule has 0 unspecified atom stereocenters. The van der Waals surface area contributed by atoms with E-state index in [4.69, 9.17) is 30.3 Å². The summed E-state index contributed by atoms with van der Waals surface area (Å²) in [4.78, 5) is 4.22. The van der Waals surface area contributed by atoms with Crippen molar-refractivity contribution in [2.24, 2.45) is 0 Å². The van der Waals surface area contributed by atoms with Crippen LogP contribution in [-0.2, 0) is 4.74 Å². The second kappa shape index (κ2) is 6.99. The highest BCUT2D eigenvalue weighted by Crippen LogP contribution is 2.38. The van der Waals surface area contributed by atoms with E-state index < -0.39 is 0 Å². The van der Waals surface area contributed by atoms with Crippen molar-refractivity contribution in [3.05, 3.63) is 29.3 Å². The van der Waals surface area contributed by atoms with Gasteiger partial charge in [0.2, 0.25) is 5.82 Å². The molecule has 6 nitrogen and oxygen atoms in total. The van der Waals surface area contributed by atoms with E-state index in [1.54, 1.807) is 18.2 Å². The molecule has 0 saturated heterocycles. The first-order valence-electron chi connectivity index (χ1n) is 6.23. The van der Waals surface area contributed by atoms with Crippen LogP contribution < -0.4 is 9.47 Å². The number of hydrogen-bond donors (Lipinski definition) is 0. The molecule has 2 rings (SSSR count). The van der Waals surface area contributed by atoms with E-state index in [0.29, 0.717) is 40.4 Å². The molecule has 7 heteroatoms. The van der Waals surface area contributed by atoms with Gasteiger partial charge >= 0.3 is 0 Å². The van der Waals surface area contributed by atoms with E-state index in [1.807, 2.05) is 6.92 Å². The Morgan fingerprint density at radius 3 is 2.76 bits per heavy atom. The summed E-state index contributed by atoms with van der Waals surface area (Å²) >= 11 is 6.15. The van der Waals surface area contributed by atoms with E-state index in [0.717, 1.165) is 0 Å². The molecule has 1 aromatic heterocycles. The van der Waals surface area contributed by atoms with Crippen LogP contribution in [0.4, 0.5) is 0 Å². The van der Waals surface area contributed by atoms with Gasteiger partial charge in [0.05, 0.1) is 32.1 Å². The van der Waals surface area contributed by atoms with Crippen LogP contribution in [0.5, 0.6) is 11.5 Å². The summed E-state index contributed by atoms with van der Waals surface area (Å²) in [7, 11) is 3.05. The van der Waals surface area contributed by atoms with Gasteiger partial charge in [-0.2, -0.15) is 4.98 Å². The molecule has 0 aliphatic rings. The SMILES string of the molecule is CCOC=Cc1nc(-c2cc(Cl)c(OC)c(OC)c2)no1. The van der Waals surface area contributed by atoms with Gasteiger partial charge in [0.1, 0.15) is 0 Å². The number of hydrogen-bond acceptors (Lipinski definition) is 6. The average molecular weight is 311 g/mol. The lowest BCUT2D eigenvalue weighted by atomic mass is 10.2. The molecule has 112 valence electrons. The summed E-state index contributed by atoms with van der Waals surface area (Å²) in [5.74, 6) is 1.69. The molecule has 1 aromatic carbocycles. The highest BCUT2D eigenvalue weighted by molar-refractivity contribution is 6.32. The first-order valence-corrected chi connectivity index (χ1v) is 6.61. The Kier molecular flexibility index (Phi) is 5.05. The van der Waals surface area contributed by atoms with Crippen LogP contribution in [0.15, 0.2) is 22.9 Å².